The van der Waals surface area contributed by atoms with Gasteiger partial charge in [-0.25, -0.2) is 4.98 Å². The summed E-state index contributed by atoms with van der Waals surface area (Å²) in [5.41, 5.74) is 1.73. The largest absolute Gasteiger partial charge is 0.313 e. The monoisotopic (exact) mass is 268 g/mol. The van der Waals surface area contributed by atoms with Crippen molar-refractivity contribution in [3.63, 3.8) is 0 Å². The molecular weight excluding hydrogens is 259 g/mol. The summed E-state index contributed by atoms with van der Waals surface area (Å²) >= 11 is 12.1. The second-order valence-corrected chi connectivity index (χ2v) is 4.30. The summed E-state index contributed by atoms with van der Waals surface area (Å²) in [6.07, 6.45) is 1.95. The number of aromatic amines is 1. The fourth-order valence-corrected chi connectivity index (χ4v) is 2.06. The third kappa shape index (κ3) is 2.21. The van der Waals surface area contributed by atoms with Crippen molar-refractivity contribution < 1.29 is 0 Å². The first-order valence-electron chi connectivity index (χ1n) is 5.16. The fourth-order valence-electron chi connectivity index (χ4n) is 1.67. The summed E-state index contributed by atoms with van der Waals surface area (Å²) < 4.78 is 0. The molecule has 0 spiro atoms. The first-order chi connectivity index (χ1) is 8.15. The topological polar surface area (TPSA) is 45.8 Å². The molecule has 0 aliphatic carbocycles. The SMILES string of the molecule is CCc1c(-c2cccc(Cl)c2Cl)nc[nH]c1=O. The van der Waals surface area contributed by atoms with Crippen LogP contribution in [0.5, 0.6) is 0 Å². The van der Waals surface area contributed by atoms with Crippen molar-refractivity contribution in [1.29, 1.82) is 0 Å². The van der Waals surface area contributed by atoms with Crippen LogP contribution in [-0.2, 0) is 6.42 Å². The number of aromatic nitrogens is 2. The van der Waals surface area contributed by atoms with Crippen molar-refractivity contribution >= 4 is 23.2 Å². The lowest BCUT2D eigenvalue weighted by Crippen LogP contribution is -2.14. The average molecular weight is 269 g/mol. The molecule has 1 aromatic carbocycles. The van der Waals surface area contributed by atoms with E-state index < -0.39 is 0 Å². The summed E-state index contributed by atoms with van der Waals surface area (Å²) in [4.78, 5) is 18.4. The zero-order chi connectivity index (χ0) is 12.4. The Balaban J connectivity index is 2.73. The van der Waals surface area contributed by atoms with Gasteiger partial charge < -0.3 is 4.98 Å². The number of hydrogen-bond acceptors (Lipinski definition) is 2. The molecule has 0 atom stereocenters. The molecule has 0 radical (unpaired) electrons. The number of hydrogen-bond donors (Lipinski definition) is 1. The van der Waals surface area contributed by atoms with E-state index in [1.165, 1.54) is 6.33 Å². The van der Waals surface area contributed by atoms with E-state index in [1.807, 2.05) is 6.92 Å². The van der Waals surface area contributed by atoms with Crippen LogP contribution in [0.15, 0.2) is 29.3 Å². The fraction of sp³-hybridized carbons (Fsp3) is 0.167. The maximum Gasteiger partial charge on any atom is 0.254 e. The van der Waals surface area contributed by atoms with E-state index in [2.05, 4.69) is 9.97 Å². The molecule has 17 heavy (non-hydrogen) atoms. The van der Waals surface area contributed by atoms with Crippen LogP contribution >= 0.6 is 23.2 Å². The minimum atomic E-state index is -0.145. The molecule has 0 amide bonds. The van der Waals surface area contributed by atoms with E-state index in [0.717, 1.165) is 0 Å². The van der Waals surface area contributed by atoms with Crippen LogP contribution in [0.1, 0.15) is 12.5 Å². The zero-order valence-corrected chi connectivity index (χ0v) is 10.6. The maximum atomic E-state index is 11.7. The van der Waals surface area contributed by atoms with Crippen LogP contribution in [0.3, 0.4) is 0 Å². The molecule has 88 valence electrons. The Morgan fingerprint density at radius 1 is 1.35 bits per heavy atom. The Morgan fingerprint density at radius 2 is 2.12 bits per heavy atom. The summed E-state index contributed by atoms with van der Waals surface area (Å²) in [7, 11) is 0. The second kappa shape index (κ2) is 4.90. The molecule has 3 nitrogen and oxygen atoms in total. The van der Waals surface area contributed by atoms with Gasteiger partial charge in [-0.3, -0.25) is 4.79 Å². The summed E-state index contributed by atoms with van der Waals surface area (Å²) in [5, 5.41) is 0.871. The first kappa shape index (κ1) is 12.1. The molecule has 0 bridgehead atoms. The van der Waals surface area contributed by atoms with E-state index in [0.29, 0.717) is 33.3 Å². The number of halogens is 2. The molecule has 0 aliphatic heterocycles. The Labute approximate surface area is 108 Å². The second-order valence-electron chi connectivity index (χ2n) is 3.51. The molecule has 1 heterocycles. The normalized spacial score (nSPS) is 10.5. The van der Waals surface area contributed by atoms with Crippen molar-refractivity contribution in [2.45, 2.75) is 13.3 Å². The molecule has 1 aromatic heterocycles. The number of H-pyrrole nitrogens is 1. The standard InChI is InChI=1S/C12H10Cl2N2O/c1-2-7-11(15-6-16-12(7)17)8-4-3-5-9(13)10(8)14/h3-6H,2H2,1H3,(H,15,16,17). The molecular formula is C12H10Cl2N2O. The lowest BCUT2D eigenvalue weighted by Gasteiger charge is -2.08. The van der Waals surface area contributed by atoms with Gasteiger partial charge in [0, 0.05) is 11.1 Å². The maximum absolute atomic E-state index is 11.7. The number of nitrogens with one attached hydrogen (secondary N) is 1. The van der Waals surface area contributed by atoms with Crippen LogP contribution in [0.25, 0.3) is 11.3 Å². The minimum absolute atomic E-state index is 0.145. The average Bonchev–Trinajstić information content (AvgIpc) is 2.32. The highest BCUT2D eigenvalue weighted by molar-refractivity contribution is 6.43. The highest BCUT2D eigenvalue weighted by Gasteiger charge is 2.13. The van der Waals surface area contributed by atoms with Crippen molar-refractivity contribution in [1.82, 2.24) is 9.97 Å². The third-order valence-electron chi connectivity index (χ3n) is 2.51. The van der Waals surface area contributed by atoms with Crippen LogP contribution in [0, 0.1) is 0 Å². The molecule has 0 saturated heterocycles. The van der Waals surface area contributed by atoms with Crippen LogP contribution in [0.4, 0.5) is 0 Å². The van der Waals surface area contributed by atoms with Crippen molar-refractivity contribution in [3.8, 4) is 11.3 Å². The number of nitrogens with zero attached hydrogens (tertiary/aromatic N) is 1. The lowest BCUT2D eigenvalue weighted by atomic mass is 10.1. The Bertz CT molecular complexity index is 608. The van der Waals surface area contributed by atoms with Crippen LogP contribution < -0.4 is 5.56 Å². The summed E-state index contributed by atoms with van der Waals surface area (Å²) in [6, 6.07) is 5.28. The van der Waals surface area contributed by atoms with Crippen LogP contribution in [0.2, 0.25) is 10.0 Å². The van der Waals surface area contributed by atoms with Gasteiger partial charge in [0.25, 0.3) is 5.56 Å². The smallest absolute Gasteiger partial charge is 0.254 e. The molecule has 1 N–H and O–H groups in total. The van der Waals surface area contributed by atoms with E-state index in [-0.39, 0.29) is 5.56 Å². The van der Waals surface area contributed by atoms with E-state index in [4.69, 9.17) is 23.2 Å². The van der Waals surface area contributed by atoms with Gasteiger partial charge in [0.05, 0.1) is 22.1 Å². The van der Waals surface area contributed by atoms with Gasteiger partial charge in [-0.05, 0) is 12.5 Å². The summed E-state index contributed by atoms with van der Waals surface area (Å²) in [6.45, 7) is 1.90. The molecule has 0 aliphatic rings. The Morgan fingerprint density at radius 3 is 2.82 bits per heavy atom. The minimum Gasteiger partial charge on any atom is -0.313 e. The predicted octanol–water partition coefficient (Wildman–Crippen LogP) is 3.31. The van der Waals surface area contributed by atoms with Gasteiger partial charge in [0.1, 0.15) is 0 Å². The quantitative estimate of drug-likeness (QED) is 0.909. The molecule has 0 saturated carbocycles. The first-order valence-corrected chi connectivity index (χ1v) is 5.91. The molecule has 0 unspecified atom stereocenters. The summed E-state index contributed by atoms with van der Waals surface area (Å²) in [5.74, 6) is 0. The van der Waals surface area contributed by atoms with Crippen molar-refractivity contribution in [2.75, 3.05) is 0 Å². The predicted molar refractivity (Wildman–Crippen MR) is 69.7 cm³/mol. The van der Waals surface area contributed by atoms with Gasteiger partial charge in [-0.2, -0.15) is 0 Å². The molecule has 0 fully saturated rings. The third-order valence-corrected chi connectivity index (χ3v) is 3.33. The van der Waals surface area contributed by atoms with Crippen molar-refractivity contribution in [3.05, 3.63) is 50.5 Å². The highest BCUT2D eigenvalue weighted by atomic mass is 35.5. The Hall–Kier alpha value is -1.32. The molecule has 5 heteroatoms. The number of benzene rings is 1. The van der Waals surface area contributed by atoms with E-state index >= 15 is 0 Å². The van der Waals surface area contributed by atoms with Gasteiger partial charge in [-0.1, -0.05) is 42.3 Å². The van der Waals surface area contributed by atoms with E-state index in [1.54, 1.807) is 18.2 Å². The highest BCUT2D eigenvalue weighted by Crippen LogP contribution is 2.33. The van der Waals surface area contributed by atoms with Gasteiger partial charge in [0.15, 0.2) is 0 Å². The van der Waals surface area contributed by atoms with Crippen LogP contribution in [-0.4, -0.2) is 9.97 Å². The van der Waals surface area contributed by atoms with Gasteiger partial charge in [-0.15, -0.1) is 0 Å². The van der Waals surface area contributed by atoms with Gasteiger partial charge >= 0.3 is 0 Å². The molecule has 2 aromatic rings. The molecule has 2 rings (SSSR count). The lowest BCUT2D eigenvalue weighted by molar-refractivity contribution is 1.01. The van der Waals surface area contributed by atoms with E-state index in [9.17, 15) is 4.79 Å². The Kier molecular flexibility index (Phi) is 3.50. The van der Waals surface area contributed by atoms with Gasteiger partial charge in [0.2, 0.25) is 0 Å². The van der Waals surface area contributed by atoms with Crippen molar-refractivity contribution in [2.24, 2.45) is 0 Å². The number of rotatable bonds is 2. The zero-order valence-electron chi connectivity index (χ0n) is 9.13.